The maximum absolute atomic E-state index is 11.7. The van der Waals surface area contributed by atoms with Gasteiger partial charge in [-0.3, -0.25) is 4.79 Å². The Hall–Kier alpha value is -0.0500. The van der Waals surface area contributed by atoms with E-state index in [2.05, 4.69) is 27.8 Å². The third-order valence-corrected chi connectivity index (χ3v) is 4.24. The highest BCUT2D eigenvalue weighted by atomic mass is 79.9. The number of rotatable bonds is 1. The van der Waals surface area contributed by atoms with Gasteiger partial charge in [-0.15, -0.1) is 0 Å². The van der Waals surface area contributed by atoms with Crippen molar-refractivity contribution in [3.63, 3.8) is 0 Å². The van der Waals surface area contributed by atoms with Crippen LogP contribution in [0.4, 0.5) is 0 Å². The molecule has 3 atom stereocenters. The van der Waals surface area contributed by atoms with Crippen LogP contribution in [0.1, 0.15) is 32.6 Å². The van der Waals surface area contributed by atoms with E-state index < -0.39 is 0 Å². The fourth-order valence-corrected chi connectivity index (χ4v) is 3.05. The summed E-state index contributed by atoms with van der Waals surface area (Å²) in [7, 11) is 0. The molecule has 0 spiro atoms. The van der Waals surface area contributed by atoms with Gasteiger partial charge in [0.1, 0.15) is 0 Å². The van der Waals surface area contributed by atoms with Crippen LogP contribution in [-0.2, 0) is 4.79 Å². The van der Waals surface area contributed by atoms with Gasteiger partial charge in [0.15, 0.2) is 0 Å². The molecule has 74 valence electrons. The van der Waals surface area contributed by atoms with Crippen LogP contribution in [0, 0.1) is 5.92 Å². The molecule has 0 bridgehead atoms. The highest BCUT2D eigenvalue weighted by Gasteiger charge is 2.38. The summed E-state index contributed by atoms with van der Waals surface area (Å²) in [5, 5.41) is 0. The second-order valence-electron chi connectivity index (χ2n) is 4.26. The molecular weight excluding hydrogens is 230 g/mol. The lowest BCUT2D eigenvalue weighted by molar-refractivity contribution is -0.129. The van der Waals surface area contributed by atoms with Crippen LogP contribution < -0.4 is 0 Å². The van der Waals surface area contributed by atoms with Crippen LogP contribution in [0.2, 0.25) is 0 Å². The summed E-state index contributed by atoms with van der Waals surface area (Å²) in [5.74, 6) is 1.03. The lowest BCUT2D eigenvalue weighted by Crippen LogP contribution is -2.39. The van der Waals surface area contributed by atoms with E-state index in [-0.39, 0.29) is 4.83 Å². The number of nitrogens with zero attached hydrogens (tertiary/aromatic N) is 1. The molecule has 1 aliphatic heterocycles. The van der Waals surface area contributed by atoms with Crippen molar-refractivity contribution in [3.8, 4) is 0 Å². The van der Waals surface area contributed by atoms with Crippen LogP contribution >= 0.6 is 15.9 Å². The molecule has 2 nitrogen and oxygen atoms in total. The molecular formula is C10H16BrNO. The number of carbonyl (C=O) groups excluding carboxylic acids is 1. The van der Waals surface area contributed by atoms with Crippen LogP contribution in [0.5, 0.6) is 0 Å². The predicted octanol–water partition coefficient (Wildman–Crippen LogP) is 2.17. The third kappa shape index (κ3) is 1.63. The second-order valence-corrected chi connectivity index (χ2v) is 5.37. The number of carbonyl (C=O) groups is 1. The zero-order chi connectivity index (χ0) is 9.42. The molecule has 0 aromatic carbocycles. The Morgan fingerprint density at radius 3 is 2.62 bits per heavy atom. The summed E-state index contributed by atoms with van der Waals surface area (Å²) in [6, 6.07) is 0.537. The number of hydrogen-bond acceptors (Lipinski definition) is 1. The van der Waals surface area contributed by atoms with Gasteiger partial charge in [-0.25, -0.2) is 0 Å². The molecule has 2 rings (SSSR count). The van der Waals surface area contributed by atoms with Crippen molar-refractivity contribution in [1.82, 2.24) is 4.90 Å². The summed E-state index contributed by atoms with van der Waals surface area (Å²) in [6.07, 6.45) is 4.79. The van der Waals surface area contributed by atoms with Gasteiger partial charge in [0.2, 0.25) is 5.91 Å². The van der Waals surface area contributed by atoms with E-state index in [4.69, 9.17) is 0 Å². The van der Waals surface area contributed by atoms with Gasteiger partial charge in [-0.1, -0.05) is 29.3 Å². The lowest BCUT2D eigenvalue weighted by atomic mass is 10.1. The SMILES string of the molecule is CC1CCCC1N1CCC(Br)C1=O. The summed E-state index contributed by atoms with van der Waals surface area (Å²) in [6.45, 7) is 3.23. The Morgan fingerprint density at radius 2 is 2.15 bits per heavy atom. The summed E-state index contributed by atoms with van der Waals surface area (Å²) < 4.78 is 0. The van der Waals surface area contributed by atoms with E-state index in [0.717, 1.165) is 13.0 Å². The van der Waals surface area contributed by atoms with E-state index in [1.54, 1.807) is 0 Å². The summed E-state index contributed by atoms with van der Waals surface area (Å²) >= 11 is 3.42. The van der Waals surface area contributed by atoms with Gasteiger partial charge < -0.3 is 4.90 Å². The Labute approximate surface area is 87.8 Å². The van der Waals surface area contributed by atoms with Crippen molar-refractivity contribution in [2.45, 2.75) is 43.5 Å². The fourth-order valence-electron chi connectivity index (χ4n) is 2.58. The lowest BCUT2D eigenvalue weighted by Gasteiger charge is -2.27. The predicted molar refractivity (Wildman–Crippen MR) is 55.8 cm³/mol. The van der Waals surface area contributed by atoms with E-state index >= 15 is 0 Å². The number of amides is 1. The zero-order valence-corrected chi connectivity index (χ0v) is 9.59. The second kappa shape index (κ2) is 3.60. The van der Waals surface area contributed by atoms with E-state index in [1.807, 2.05) is 0 Å². The van der Waals surface area contributed by atoms with Crippen molar-refractivity contribution >= 4 is 21.8 Å². The molecule has 1 heterocycles. The molecule has 1 saturated carbocycles. The normalized spacial score (nSPS) is 40.3. The monoisotopic (exact) mass is 245 g/mol. The molecule has 2 aliphatic rings. The smallest absolute Gasteiger partial charge is 0.236 e. The summed E-state index contributed by atoms with van der Waals surface area (Å²) in [5.41, 5.74) is 0. The average Bonchev–Trinajstić information content (AvgIpc) is 2.62. The zero-order valence-electron chi connectivity index (χ0n) is 8.00. The van der Waals surface area contributed by atoms with Gasteiger partial charge in [0.05, 0.1) is 4.83 Å². The van der Waals surface area contributed by atoms with Crippen LogP contribution in [0.3, 0.4) is 0 Å². The van der Waals surface area contributed by atoms with Crippen molar-refractivity contribution in [2.24, 2.45) is 5.92 Å². The van der Waals surface area contributed by atoms with Gasteiger partial charge in [0.25, 0.3) is 0 Å². The van der Waals surface area contributed by atoms with Crippen LogP contribution in [-0.4, -0.2) is 28.2 Å². The maximum atomic E-state index is 11.7. The molecule has 0 N–H and O–H groups in total. The van der Waals surface area contributed by atoms with Crippen molar-refractivity contribution < 1.29 is 4.79 Å². The minimum Gasteiger partial charge on any atom is -0.338 e. The molecule has 2 fully saturated rings. The van der Waals surface area contributed by atoms with Crippen LogP contribution in [0.15, 0.2) is 0 Å². The van der Waals surface area contributed by atoms with Gasteiger partial charge >= 0.3 is 0 Å². The fraction of sp³-hybridized carbons (Fsp3) is 0.900. The Morgan fingerprint density at radius 1 is 1.38 bits per heavy atom. The first-order valence-corrected chi connectivity index (χ1v) is 6.06. The van der Waals surface area contributed by atoms with Gasteiger partial charge in [-0.2, -0.15) is 0 Å². The Bertz CT molecular complexity index is 219. The van der Waals surface area contributed by atoms with E-state index in [9.17, 15) is 4.79 Å². The first kappa shape index (κ1) is 9.50. The molecule has 0 aromatic heterocycles. The minimum atomic E-state index is 0.0975. The largest absolute Gasteiger partial charge is 0.338 e. The first-order valence-electron chi connectivity index (χ1n) is 5.14. The van der Waals surface area contributed by atoms with Gasteiger partial charge in [0, 0.05) is 12.6 Å². The van der Waals surface area contributed by atoms with Crippen molar-refractivity contribution in [1.29, 1.82) is 0 Å². The number of alkyl halides is 1. The van der Waals surface area contributed by atoms with Crippen molar-refractivity contribution in [2.75, 3.05) is 6.54 Å². The van der Waals surface area contributed by atoms with Gasteiger partial charge in [-0.05, 0) is 25.2 Å². The quantitative estimate of drug-likeness (QED) is 0.649. The highest BCUT2D eigenvalue weighted by molar-refractivity contribution is 9.10. The molecule has 1 amide bonds. The third-order valence-electron chi connectivity index (χ3n) is 3.39. The molecule has 1 saturated heterocycles. The average molecular weight is 246 g/mol. The molecule has 1 aliphatic carbocycles. The Balaban J connectivity index is 2.04. The van der Waals surface area contributed by atoms with Crippen LogP contribution in [0.25, 0.3) is 0 Å². The topological polar surface area (TPSA) is 20.3 Å². The molecule has 13 heavy (non-hydrogen) atoms. The minimum absolute atomic E-state index is 0.0975. The standard InChI is InChI=1S/C10H16BrNO/c1-7-3-2-4-9(7)12-6-5-8(11)10(12)13/h7-9H,2-6H2,1H3. The molecule has 3 unspecified atom stereocenters. The number of likely N-dealkylation sites (tertiary alicyclic amines) is 1. The summed E-state index contributed by atoms with van der Waals surface area (Å²) in [4.78, 5) is 13.9. The highest BCUT2D eigenvalue weighted by Crippen LogP contribution is 2.33. The maximum Gasteiger partial charge on any atom is 0.236 e. The van der Waals surface area contributed by atoms with Crippen molar-refractivity contribution in [3.05, 3.63) is 0 Å². The van der Waals surface area contributed by atoms with E-state index in [1.165, 1.54) is 19.3 Å². The molecule has 0 aromatic rings. The van der Waals surface area contributed by atoms with E-state index in [0.29, 0.717) is 17.9 Å². The number of halogens is 1. The number of hydrogen-bond donors (Lipinski definition) is 0. The molecule has 3 heteroatoms. The Kier molecular flexibility index (Phi) is 2.63. The first-order chi connectivity index (χ1) is 6.20. The molecule has 0 radical (unpaired) electrons.